The summed E-state index contributed by atoms with van der Waals surface area (Å²) in [6, 6.07) is 1.47. The molecule has 19 heavy (non-hydrogen) atoms. The predicted octanol–water partition coefficient (Wildman–Crippen LogP) is 1.93. The van der Waals surface area contributed by atoms with Crippen molar-refractivity contribution in [3.63, 3.8) is 0 Å². The molecule has 7 nitrogen and oxygen atoms in total. The number of carboxylic acid groups (broad SMARTS) is 1. The van der Waals surface area contributed by atoms with E-state index in [1.165, 1.54) is 12.4 Å². The van der Waals surface area contributed by atoms with Crippen molar-refractivity contribution >= 4 is 11.7 Å². The standard InChI is InChI=1S/C11H8FN3O4/c1-6-4-13-14(5-6)9-2-7(11(16)17)8(12)3-10(9)15(18)19/h2-5H,1H3,(H,16,17). The van der Waals surface area contributed by atoms with Crippen LogP contribution in [0.3, 0.4) is 0 Å². The van der Waals surface area contributed by atoms with E-state index in [-0.39, 0.29) is 5.69 Å². The van der Waals surface area contributed by atoms with Crippen LogP contribution >= 0.6 is 0 Å². The first-order valence-electron chi connectivity index (χ1n) is 5.13. The molecule has 0 aliphatic carbocycles. The molecule has 1 aromatic carbocycles. The molecule has 98 valence electrons. The lowest BCUT2D eigenvalue weighted by Crippen LogP contribution is -2.07. The van der Waals surface area contributed by atoms with Gasteiger partial charge in [0.2, 0.25) is 0 Å². The first-order valence-corrected chi connectivity index (χ1v) is 5.13. The summed E-state index contributed by atoms with van der Waals surface area (Å²) in [6.45, 7) is 1.72. The summed E-state index contributed by atoms with van der Waals surface area (Å²) in [7, 11) is 0. The normalized spacial score (nSPS) is 10.4. The largest absolute Gasteiger partial charge is 0.478 e. The summed E-state index contributed by atoms with van der Waals surface area (Å²) < 4.78 is 14.6. The zero-order valence-corrected chi connectivity index (χ0v) is 9.70. The maximum absolute atomic E-state index is 13.4. The van der Waals surface area contributed by atoms with Gasteiger partial charge in [0.05, 0.1) is 22.7 Å². The fourth-order valence-corrected chi connectivity index (χ4v) is 1.59. The van der Waals surface area contributed by atoms with Crippen molar-refractivity contribution in [3.8, 4) is 5.69 Å². The second kappa shape index (κ2) is 4.48. The monoisotopic (exact) mass is 265 g/mol. The van der Waals surface area contributed by atoms with Crippen LogP contribution in [0.4, 0.5) is 10.1 Å². The van der Waals surface area contributed by atoms with Crippen molar-refractivity contribution in [2.45, 2.75) is 6.92 Å². The van der Waals surface area contributed by atoms with Gasteiger partial charge in [-0.3, -0.25) is 10.1 Å². The number of hydrogen-bond acceptors (Lipinski definition) is 4. The highest BCUT2D eigenvalue weighted by molar-refractivity contribution is 5.89. The topological polar surface area (TPSA) is 98.3 Å². The molecular formula is C11H8FN3O4. The Balaban J connectivity index is 2.72. The van der Waals surface area contributed by atoms with Gasteiger partial charge in [-0.15, -0.1) is 0 Å². The van der Waals surface area contributed by atoms with E-state index >= 15 is 0 Å². The number of carboxylic acids is 1. The van der Waals surface area contributed by atoms with Gasteiger partial charge in [-0.2, -0.15) is 5.10 Å². The summed E-state index contributed by atoms with van der Waals surface area (Å²) in [6.07, 6.45) is 2.93. The lowest BCUT2D eigenvalue weighted by molar-refractivity contribution is -0.384. The van der Waals surface area contributed by atoms with E-state index in [1.807, 2.05) is 0 Å². The van der Waals surface area contributed by atoms with Crippen LogP contribution in [0.1, 0.15) is 15.9 Å². The number of benzene rings is 1. The number of aromatic carboxylic acids is 1. The summed E-state index contributed by atoms with van der Waals surface area (Å²) in [5, 5.41) is 23.6. The molecule has 0 amide bonds. The van der Waals surface area contributed by atoms with Crippen LogP contribution in [0.25, 0.3) is 5.69 Å². The molecule has 0 radical (unpaired) electrons. The molecule has 0 aliphatic rings. The minimum Gasteiger partial charge on any atom is -0.478 e. The zero-order chi connectivity index (χ0) is 14.2. The molecule has 0 bridgehead atoms. The van der Waals surface area contributed by atoms with Crippen molar-refractivity contribution < 1.29 is 19.2 Å². The van der Waals surface area contributed by atoms with E-state index in [2.05, 4.69) is 5.10 Å². The third kappa shape index (κ3) is 2.28. The Hall–Kier alpha value is -2.77. The quantitative estimate of drug-likeness (QED) is 0.675. The molecule has 2 aromatic rings. The van der Waals surface area contributed by atoms with Crippen molar-refractivity contribution in [2.24, 2.45) is 0 Å². The Labute approximate surface area is 106 Å². The Kier molecular flexibility index (Phi) is 2.99. The van der Waals surface area contributed by atoms with Crippen molar-refractivity contribution in [2.75, 3.05) is 0 Å². The molecule has 0 fully saturated rings. The Bertz CT molecular complexity index is 681. The van der Waals surface area contributed by atoms with E-state index in [0.29, 0.717) is 6.07 Å². The van der Waals surface area contributed by atoms with Gasteiger partial charge >= 0.3 is 5.97 Å². The number of aromatic nitrogens is 2. The molecule has 1 heterocycles. The number of halogens is 1. The maximum Gasteiger partial charge on any atom is 0.338 e. The fourth-order valence-electron chi connectivity index (χ4n) is 1.59. The third-order valence-electron chi connectivity index (χ3n) is 2.45. The molecule has 0 unspecified atom stereocenters. The SMILES string of the molecule is Cc1cnn(-c2cc(C(=O)O)c(F)cc2[N+](=O)[O-])c1. The lowest BCUT2D eigenvalue weighted by atomic mass is 10.1. The fraction of sp³-hybridized carbons (Fsp3) is 0.0909. The summed E-state index contributed by atoms with van der Waals surface area (Å²) >= 11 is 0. The molecule has 0 spiro atoms. The van der Waals surface area contributed by atoms with E-state index in [1.54, 1.807) is 6.92 Å². The highest BCUT2D eigenvalue weighted by Gasteiger charge is 2.23. The molecule has 1 aromatic heterocycles. The molecule has 0 saturated heterocycles. The first-order chi connectivity index (χ1) is 8.90. The number of hydrogen-bond donors (Lipinski definition) is 1. The van der Waals surface area contributed by atoms with Crippen LogP contribution in [-0.2, 0) is 0 Å². The van der Waals surface area contributed by atoms with Crippen LogP contribution in [0.2, 0.25) is 0 Å². The minimum atomic E-state index is -1.50. The summed E-state index contributed by atoms with van der Waals surface area (Å²) in [5.74, 6) is -2.66. The highest BCUT2D eigenvalue weighted by atomic mass is 19.1. The van der Waals surface area contributed by atoms with E-state index in [9.17, 15) is 19.3 Å². The van der Waals surface area contributed by atoms with Crippen molar-refractivity contribution in [3.05, 3.63) is 51.6 Å². The number of carbonyl (C=O) groups is 1. The van der Waals surface area contributed by atoms with Crippen LogP contribution in [0, 0.1) is 22.9 Å². The van der Waals surface area contributed by atoms with Gasteiger partial charge in [0.15, 0.2) is 0 Å². The number of aryl methyl sites for hydroxylation is 1. The molecule has 1 N–H and O–H groups in total. The van der Waals surface area contributed by atoms with Crippen molar-refractivity contribution in [1.29, 1.82) is 0 Å². The third-order valence-corrected chi connectivity index (χ3v) is 2.45. The average molecular weight is 265 g/mol. The Morgan fingerprint density at radius 1 is 1.53 bits per heavy atom. The first kappa shape index (κ1) is 12.7. The van der Waals surface area contributed by atoms with Gasteiger partial charge < -0.3 is 5.11 Å². The zero-order valence-electron chi connectivity index (χ0n) is 9.70. The molecular weight excluding hydrogens is 257 g/mol. The minimum absolute atomic E-state index is 0.100. The Morgan fingerprint density at radius 3 is 2.68 bits per heavy atom. The predicted molar refractivity (Wildman–Crippen MR) is 61.9 cm³/mol. The van der Waals surface area contributed by atoms with Gasteiger partial charge in [0.25, 0.3) is 5.69 Å². The smallest absolute Gasteiger partial charge is 0.338 e. The lowest BCUT2D eigenvalue weighted by Gasteiger charge is -2.05. The average Bonchev–Trinajstić information content (AvgIpc) is 2.74. The van der Waals surface area contributed by atoms with Gasteiger partial charge in [-0.1, -0.05) is 0 Å². The van der Waals surface area contributed by atoms with Gasteiger partial charge in [-0.25, -0.2) is 13.9 Å². The van der Waals surface area contributed by atoms with Crippen LogP contribution in [-0.4, -0.2) is 25.8 Å². The Morgan fingerprint density at radius 2 is 2.21 bits per heavy atom. The number of nitrogens with zero attached hydrogens (tertiary/aromatic N) is 3. The molecule has 8 heteroatoms. The van der Waals surface area contributed by atoms with Gasteiger partial charge in [0.1, 0.15) is 11.5 Å². The van der Waals surface area contributed by atoms with E-state index in [4.69, 9.17) is 5.11 Å². The molecule has 0 saturated carbocycles. The maximum atomic E-state index is 13.4. The van der Waals surface area contributed by atoms with Crippen LogP contribution in [0.5, 0.6) is 0 Å². The van der Waals surface area contributed by atoms with Gasteiger partial charge in [-0.05, 0) is 18.6 Å². The van der Waals surface area contributed by atoms with E-state index in [0.717, 1.165) is 16.3 Å². The summed E-state index contributed by atoms with van der Waals surface area (Å²) in [4.78, 5) is 20.9. The summed E-state index contributed by atoms with van der Waals surface area (Å²) in [5.41, 5.74) is -0.563. The van der Waals surface area contributed by atoms with Crippen molar-refractivity contribution in [1.82, 2.24) is 9.78 Å². The van der Waals surface area contributed by atoms with Crippen LogP contribution in [0.15, 0.2) is 24.5 Å². The second-order valence-corrected chi connectivity index (χ2v) is 3.85. The second-order valence-electron chi connectivity index (χ2n) is 3.85. The highest BCUT2D eigenvalue weighted by Crippen LogP contribution is 2.26. The molecule has 0 aliphatic heterocycles. The van der Waals surface area contributed by atoms with Crippen LogP contribution < -0.4 is 0 Å². The number of nitro benzene ring substituents is 1. The van der Waals surface area contributed by atoms with E-state index < -0.39 is 28.0 Å². The number of nitro groups is 1. The number of rotatable bonds is 3. The van der Waals surface area contributed by atoms with Gasteiger partial charge in [0, 0.05) is 6.20 Å². The molecule has 2 rings (SSSR count). The molecule has 0 atom stereocenters.